The molecule has 0 saturated carbocycles. The molecule has 0 saturated heterocycles. The summed E-state index contributed by atoms with van der Waals surface area (Å²) in [6, 6.07) is 36.5. The van der Waals surface area contributed by atoms with Gasteiger partial charge in [0.15, 0.2) is 11.4 Å². The molecule has 3 aliphatic heterocycles. The van der Waals surface area contributed by atoms with E-state index in [0.29, 0.717) is 18.3 Å². The van der Waals surface area contributed by atoms with Crippen LogP contribution in [0, 0.1) is 6.92 Å². The van der Waals surface area contributed by atoms with Crippen molar-refractivity contribution < 1.29 is 4.79 Å². The number of hydrogen-bond donors (Lipinski definition) is 1. The molecule has 7 nitrogen and oxygen atoms in total. The van der Waals surface area contributed by atoms with Gasteiger partial charge >= 0.3 is 0 Å². The maximum atomic E-state index is 14.4. The van der Waals surface area contributed by atoms with E-state index in [1.54, 1.807) is 0 Å². The number of carbonyl (C=O) groups excluding carboxylic acids is 1. The van der Waals surface area contributed by atoms with Crippen molar-refractivity contribution in [2.75, 3.05) is 15.1 Å². The van der Waals surface area contributed by atoms with Crippen LogP contribution in [-0.4, -0.2) is 21.6 Å². The second kappa shape index (κ2) is 7.91. The molecule has 188 valence electrons. The van der Waals surface area contributed by atoms with Crippen LogP contribution in [0.3, 0.4) is 0 Å². The average molecular weight is 509 g/mol. The first-order chi connectivity index (χ1) is 19.2. The Morgan fingerprint density at radius 2 is 1.46 bits per heavy atom. The van der Waals surface area contributed by atoms with Crippen LogP contribution in [0.1, 0.15) is 22.4 Å². The maximum Gasteiger partial charge on any atom is 0.260 e. The molecule has 1 amide bonds. The quantitative estimate of drug-likeness (QED) is 0.329. The molecule has 0 unspecified atom stereocenters. The predicted octanol–water partition coefficient (Wildman–Crippen LogP) is 5.90. The molecular formula is C32H24N6O. The van der Waals surface area contributed by atoms with Crippen LogP contribution in [0.15, 0.2) is 114 Å². The second-order valence-corrected chi connectivity index (χ2v) is 10.0. The van der Waals surface area contributed by atoms with Crippen LogP contribution in [0.25, 0.3) is 5.69 Å². The molecule has 1 N–H and O–H groups in total. The van der Waals surface area contributed by atoms with Gasteiger partial charge in [0, 0.05) is 11.3 Å². The maximum absolute atomic E-state index is 14.4. The van der Waals surface area contributed by atoms with Gasteiger partial charge in [0.2, 0.25) is 5.96 Å². The number of nitrogens with one attached hydrogen (secondary N) is 1. The molecule has 4 aromatic carbocycles. The van der Waals surface area contributed by atoms with E-state index in [1.807, 2.05) is 96.5 Å². The molecule has 8 rings (SSSR count). The first kappa shape index (κ1) is 21.9. The Morgan fingerprint density at radius 3 is 2.26 bits per heavy atom. The van der Waals surface area contributed by atoms with Gasteiger partial charge in [-0.2, -0.15) is 10.1 Å². The summed E-state index contributed by atoms with van der Waals surface area (Å²) in [5, 5.41) is 8.16. The number of amides is 1. The number of hydrogen-bond acceptors (Lipinski definition) is 5. The average Bonchev–Trinajstić information content (AvgIpc) is 3.58. The highest BCUT2D eigenvalue weighted by Gasteiger charge is 2.62. The van der Waals surface area contributed by atoms with E-state index >= 15 is 0 Å². The second-order valence-electron chi connectivity index (χ2n) is 10.0. The third-order valence-corrected chi connectivity index (χ3v) is 7.87. The van der Waals surface area contributed by atoms with Crippen molar-refractivity contribution >= 4 is 34.7 Å². The number of benzene rings is 4. The molecule has 7 heteroatoms. The van der Waals surface area contributed by atoms with Crippen molar-refractivity contribution in [3.05, 3.63) is 132 Å². The number of anilines is 3. The number of rotatable bonds is 3. The number of fused-ring (bicyclic) bond motifs is 8. The Bertz CT molecular complexity index is 1810. The van der Waals surface area contributed by atoms with E-state index in [4.69, 9.17) is 10.1 Å². The number of aryl methyl sites for hydroxylation is 1. The fourth-order valence-electron chi connectivity index (χ4n) is 6.29. The minimum absolute atomic E-state index is 0.107. The van der Waals surface area contributed by atoms with Gasteiger partial charge in [-0.05, 0) is 42.8 Å². The van der Waals surface area contributed by atoms with Crippen molar-refractivity contribution in [2.24, 2.45) is 4.99 Å². The number of para-hydroxylation sites is 4. The largest absolute Gasteiger partial charge is 0.323 e. The summed E-state index contributed by atoms with van der Waals surface area (Å²) in [5.74, 6) is 1.27. The topological polar surface area (TPSA) is 65.8 Å². The highest BCUT2D eigenvalue weighted by molar-refractivity contribution is 6.26. The van der Waals surface area contributed by atoms with Gasteiger partial charge in [0.1, 0.15) is 0 Å². The number of aliphatic imine (C=N–C) groups is 1. The van der Waals surface area contributed by atoms with Gasteiger partial charge in [0.05, 0.1) is 34.9 Å². The van der Waals surface area contributed by atoms with Gasteiger partial charge < -0.3 is 10.2 Å². The molecule has 4 heterocycles. The summed E-state index contributed by atoms with van der Waals surface area (Å²) in [6.45, 7) is 2.58. The molecule has 1 atom stereocenters. The fraction of sp³-hybridized carbons (Fsp3) is 0.0938. The van der Waals surface area contributed by atoms with E-state index in [9.17, 15) is 4.79 Å². The van der Waals surface area contributed by atoms with Gasteiger partial charge in [-0.25, -0.2) is 4.68 Å². The van der Waals surface area contributed by atoms with Crippen molar-refractivity contribution in [2.45, 2.75) is 19.0 Å². The molecule has 0 bridgehead atoms. The van der Waals surface area contributed by atoms with Gasteiger partial charge in [-0.15, -0.1) is 0 Å². The SMILES string of the molecule is Cc1nn(-c2ccccc2)c2c1[C@@]1(C(=O)Nc3ccccc31)N1C(=N2)N(Cc2ccccc2)c2ccccc21. The molecule has 0 fully saturated rings. The number of nitrogens with zero attached hydrogens (tertiary/aromatic N) is 5. The van der Waals surface area contributed by atoms with Crippen LogP contribution in [0.2, 0.25) is 0 Å². The van der Waals surface area contributed by atoms with Crippen molar-refractivity contribution in [1.29, 1.82) is 0 Å². The zero-order valence-electron chi connectivity index (χ0n) is 21.2. The van der Waals surface area contributed by atoms with E-state index in [-0.39, 0.29) is 5.91 Å². The van der Waals surface area contributed by atoms with Crippen LogP contribution < -0.4 is 15.1 Å². The lowest BCUT2D eigenvalue weighted by molar-refractivity contribution is -0.119. The minimum atomic E-state index is -1.17. The monoisotopic (exact) mass is 508 g/mol. The summed E-state index contributed by atoms with van der Waals surface area (Å²) in [5.41, 5.74) is 6.11. The number of aromatic nitrogens is 2. The zero-order chi connectivity index (χ0) is 26.1. The highest BCUT2D eigenvalue weighted by atomic mass is 16.2. The van der Waals surface area contributed by atoms with Gasteiger partial charge in [0.25, 0.3) is 5.91 Å². The van der Waals surface area contributed by atoms with E-state index in [2.05, 4.69) is 39.4 Å². The molecule has 1 aromatic heterocycles. The Labute approximate surface area is 225 Å². The molecule has 0 radical (unpaired) electrons. The molecule has 5 aromatic rings. The minimum Gasteiger partial charge on any atom is -0.323 e. The molecular weight excluding hydrogens is 484 g/mol. The third-order valence-electron chi connectivity index (χ3n) is 7.87. The summed E-state index contributed by atoms with van der Waals surface area (Å²) in [6.07, 6.45) is 0. The molecule has 3 aliphatic rings. The molecule has 39 heavy (non-hydrogen) atoms. The number of guanidine groups is 1. The van der Waals surface area contributed by atoms with Gasteiger partial charge in [-0.1, -0.05) is 78.9 Å². The van der Waals surface area contributed by atoms with Crippen LogP contribution in [0.5, 0.6) is 0 Å². The first-order valence-corrected chi connectivity index (χ1v) is 13.0. The van der Waals surface area contributed by atoms with Crippen LogP contribution in [-0.2, 0) is 16.9 Å². The first-order valence-electron chi connectivity index (χ1n) is 13.0. The van der Waals surface area contributed by atoms with E-state index < -0.39 is 5.54 Å². The Morgan fingerprint density at radius 1 is 0.795 bits per heavy atom. The van der Waals surface area contributed by atoms with E-state index in [0.717, 1.165) is 45.1 Å². The van der Waals surface area contributed by atoms with Crippen molar-refractivity contribution in [3.8, 4) is 5.69 Å². The molecule has 0 aliphatic carbocycles. The standard InChI is InChI=1S/C32H24N6O/c1-21-28-29(38(35-21)23-14-6-3-7-15-23)34-31-36(20-22-12-4-2-5-13-22)26-18-10-11-19-27(26)37(31)32(28)24-16-8-9-17-25(24)33-30(32)39/h2-19H,20H2,1H3,(H,33,39)/t32-/m0/s1. The summed E-state index contributed by atoms with van der Waals surface area (Å²) < 4.78 is 1.87. The van der Waals surface area contributed by atoms with Crippen LogP contribution >= 0.6 is 0 Å². The lowest BCUT2D eigenvalue weighted by atomic mass is 9.80. The van der Waals surface area contributed by atoms with Crippen LogP contribution in [0.4, 0.5) is 22.9 Å². The smallest absolute Gasteiger partial charge is 0.260 e. The normalized spacial score (nSPS) is 18.4. The summed E-state index contributed by atoms with van der Waals surface area (Å²) >= 11 is 0. The van der Waals surface area contributed by atoms with Gasteiger partial charge in [-0.3, -0.25) is 9.69 Å². The predicted molar refractivity (Wildman–Crippen MR) is 153 cm³/mol. The molecule has 1 spiro atoms. The Kier molecular flexibility index (Phi) is 4.44. The zero-order valence-corrected chi connectivity index (χ0v) is 21.2. The number of carbonyl (C=O) groups is 1. The Balaban J connectivity index is 1.47. The fourth-order valence-corrected chi connectivity index (χ4v) is 6.29. The summed E-state index contributed by atoms with van der Waals surface area (Å²) in [4.78, 5) is 24.1. The Hall–Kier alpha value is -5.17. The lowest BCUT2D eigenvalue weighted by Gasteiger charge is -2.41. The third kappa shape index (κ3) is 2.84. The highest BCUT2D eigenvalue weighted by Crippen LogP contribution is 2.57. The lowest BCUT2D eigenvalue weighted by Crippen LogP contribution is -2.58. The van der Waals surface area contributed by atoms with E-state index in [1.165, 1.54) is 0 Å². The summed E-state index contributed by atoms with van der Waals surface area (Å²) in [7, 11) is 0. The van der Waals surface area contributed by atoms with Crippen molar-refractivity contribution in [1.82, 2.24) is 9.78 Å². The van der Waals surface area contributed by atoms with Crippen molar-refractivity contribution in [3.63, 3.8) is 0 Å².